The predicted molar refractivity (Wildman–Crippen MR) is 36.2 cm³/mol. The van der Waals surface area contributed by atoms with Crippen molar-refractivity contribution in [3.05, 3.63) is 24.2 Å². The van der Waals surface area contributed by atoms with Crippen LogP contribution in [0.15, 0.2) is 22.8 Å². The molecule has 1 aromatic heterocycles. The highest BCUT2D eigenvalue weighted by molar-refractivity contribution is 5.46. The lowest BCUT2D eigenvalue weighted by atomic mass is 10.4. The molecule has 0 spiro atoms. The van der Waals surface area contributed by atoms with Crippen LogP contribution >= 0.6 is 0 Å². The minimum absolute atomic E-state index is 0.538. The Bertz CT molecular complexity index is 193. The Labute approximate surface area is 59.2 Å². The summed E-state index contributed by atoms with van der Waals surface area (Å²) in [7, 11) is 1.70. The fourth-order valence-corrected chi connectivity index (χ4v) is 0.686. The number of hydrogen-bond acceptors (Lipinski definition) is 2. The van der Waals surface area contributed by atoms with Gasteiger partial charge in [-0.15, -0.1) is 0 Å². The van der Waals surface area contributed by atoms with Gasteiger partial charge in [-0.3, -0.25) is 4.79 Å². The molecule has 0 N–H and O–H groups in total. The van der Waals surface area contributed by atoms with Crippen LogP contribution in [0, 0.1) is 0 Å². The van der Waals surface area contributed by atoms with Gasteiger partial charge in [-0.05, 0) is 12.1 Å². The topological polar surface area (TPSA) is 33.5 Å². The van der Waals surface area contributed by atoms with E-state index >= 15 is 0 Å². The summed E-state index contributed by atoms with van der Waals surface area (Å²) in [6.07, 6.45) is 2.36. The molecule has 0 aliphatic carbocycles. The van der Waals surface area contributed by atoms with Crippen LogP contribution < -0.4 is 0 Å². The highest BCUT2D eigenvalue weighted by Gasteiger charge is 1.97. The summed E-state index contributed by atoms with van der Waals surface area (Å²) in [6.45, 7) is 0.538. The molecule has 54 valence electrons. The van der Waals surface area contributed by atoms with Crippen LogP contribution in [0.4, 0.5) is 0 Å². The molecule has 10 heavy (non-hydrogen) atoms. The summed E-state index contributed by atoms with van der Waals surface area (Å²) in [6, 6.07) is 3.63. The maximum atomic E-state index is 10.1. The van der Waals surface area contributed by atoms with Crippen molar-refractivity contribution in [1.82, 2.24) is 4.90 Å². The molecule has 0 saturated carbocycles. The van der Waals surface area contributed by atoms with Gasteiger partial charge < -0.3 is 9.32 Å². The zero-order valence-electron chi connectivity index (χ0n) is 5.78. The molecule has 3 nitrogen and oxygen atoms in total. The van der Waals surface area contributed by atoms with Crippen LogP contribution in [0.5, 0.6) is 0 Å². The third-order valence-corrected chi connectivity index (χ3v) is 1.17. The molecule has 1 rings (SSSR count). The molecular weight excluding hydrogens is 130 g/mol. The number of carbonyl (C=O) groups is 1. The Morgan fingerprint density at radius 1 is 1.80 bits per heavy atom. The summed E-state index contributed by atoms with van der Waals surface area (Å²) in [5.41, 5.74) is 0. The van der Waals surface area contributed by atoms with Crippen molar-refractivity contribution in [3.8, 4) is 0 Å². The molecule has 0 bridgehead atoms. The van der Waals surface area contributed by atoms with Gasteiger partial charge in [-0.1, -0.05) is 0 Å². The maximum absolute atomic E-state index is 10.1. The van der Waals surface area contributed by atoms with E-state index in [0.29, 0.717) is 6.54 Å². The first-order valence-electron chi connectivity index (χ1n) is 3.01. The molecule has 0 aliphatic heterocycles. The van der Waals surface area contributed by atoms with Gasteiger partial charge >= 0.3 is 0 Å². The lowest BCUT2D eigenvalue weighted by molar-refractivity contribution is -0.117. The van der Waals surface area contributed by atoms with Crippen molar-refractivity contribution in [2.75, 3.05) is 7.05 Å². The van der Waals surface area contributed by atoms with E-state index in [1.165, 1.54) is 4.90 Å². The van der Waals surface area contributed by atoms with E-state index in [2.05, 4.69) is 0 Å². The molecule has 0 radical (unpaired) electrons. The summed E-state index contributed by atoms with van der Waals surface area (Å²) in [4.78, 5) is 11.6. The largest absolute Gasteiger partial charge is 0.467 e. The van der Waals surface area contributed by atoms with Crippen LogP contribution in [0.1, 0.15) is 5.76 Å². The Hall–Kier alpha value is -1.25. The van der Waals surface area contributed by atoms with Crippen molar-refractivity contribution in [3.63, 3.8) is 0 Å². The Morgan fingerprint density at radius 3 is 3.10 bits per heavy atom. The van der Waals surface area contributed by atoms with E-state index in [-0.39, 0.29) is 0 Å². The van der Waals surface area contributed by atoms with E-state index in [4.69, 9.17) is 4.42 Å². The van der Waals surface area contributed by atoms with Gasteiger partial charge in [0.15, 0.2) is 0 Å². The Kier molecular flexibility index (Phi) is 2.10. The van der Waals surface area contributed by atoms with E-state index in [9.17, 15) is 4.79 Å². The van der Waals surface area contributed by atoms with Gasteiger partial charge in [0.1, 0.15) is 5.76 Å². The Balaban J connectivity index is 2.47. The molecule has 0 aliphatic rings. The SMILES string of the molecule is CN(C=O)Cc1ccco1. The van der Waals surface area contributed by atoms with Gasteiger partial charge in [0.25, 0.3) is 0 Å². The molecular formula is C7H9NO2. The fourth-order valence-electron chi connectivity index (χ4n) is 0.686. The van der Waals surface area contributed by atoms with Crippen LogP contribution in [0.25, 0.3) is 0 Å². The quantitative estimate of drug-likeness (QED) is 0.582. The summed E-state index contributed by atoms with van der Waals surface area (Å²) in [5.74, 6) is 0.801. The fraction of sp³-hybridized carbons (Fsp3) is 0.286. The lowest BCUT2D eigenvalue weighted by Crippen LogP contribution is -2.14. The normalized spacial score (nSPS) is 9.30. The zero-order valence-corrected chi connectivity index (χ0v) is 5.78. The van der Waals surface area contributed by atoms with Gasteiger partial charge in [0.2, 0.25) is 6.41 Å². The first-order chi connectivity index (χ1) is 4.83. The average molecular weight is 139 g/mol. The standard InChI is InChI=1S/C7H9NO2/c1-8(6-9)5-7-3-2-4-10-7/h2-4,6H,5H2,1H3. The van der Waals surface area contributed by atoms with E-state index in [1.54, 1.807) is 19.4 Å². The van der Waals surface area contributed by atoms with Crippen molar-refractivity contribution in [1.29, 1.82) is 0 Å². The second-order valence-corrected chi connectivity index (χ2v) is 2.10. The van der Waals surface area contributed by atoms with Crippen LogP contribution in [0.2, 0.25) is 0 Å². The summed E-state index contributed by atoms with van der Waals surface area (Å²) < 4.78 is 5.01. The number of carbonyl (C=O) groups excluding carboxylic acids is 1. The second kappa shape index (κ2) is 3.06. The first-order valence-corrected chi connectivity index (χ1v) is 3.01. The highest BCUT2D eigenvalue weighted by atomic mass is 16.3. The lowest BCUT2D eigenvalue weighted by Gasteiger charge is -2.06. The summed E-state index contributed by atoms with van der Waals surface area (Å²) in [5, 5.41) is 0. The van der Waals surface area contributed by atoms with Crippen LogP contribution in [0.3, 0.4) is 0 Å². The third-order valence-electron chi connectivity index (χ3n) is 1.17. The summed E-state index contributed by atoms with van der Waals surface area (Å²) >= 11 is 0. The maximum Gasteiger partial charge on any atom is 0.209 e. The van der Waals surface area contributed by atoms with Gasteiger partial charge in [-0.25, -0.2) is 0 Å². The molecule has 0 aromatic carbocycles. The number of nitrogens with zero attached hydrogens (tertiary/aromatic N) is 1. The molecule has 0 atom stereocenters. The van der Waals surface area contributed by atoms with Gasteiger partial charge in [0, 0.05) is 7.05 Å². The Morgan fingerprint density at radius 2 is 2.60 bits per heavy atom. The monoisotopic (exact) mass is 139 g/mol. The second-order valence-electron chi connectivity index (χ2n) is 2.10. The third kappa shape index (κ3) is 1.62. The van der Waals surface area contributed by atoms with Gasteiger partial charge in [-0.2, -0.15) is 0 Å². The minimum Gasteiger partial charge on any atom is -0.467 e. The van der Waals surface area contributed by atoms with Gasteiger partial charge in [0.05, 0.1) is 12.8 Å². The van der Waals surface area contributed by atoms with Crippen LogP contribution in [-0.4, -0.2) is 18.4 Å². The van der Waals surface area contributed by atoms with Crippen molar-refractivity contribution < 1.29 is 9.21 Å². The molecule has 1 aromatic rings. The number of furan rings is 1. The van der Waals surface area contributed by atoms with Crippen molar-refractivity contribution in [2.45, 2.75) is 6.54 Å². The molecule has 1 amide bonds. The van der Waals surface area contributed by atoms with Crippen molar-refractivity contribution in [2.24, 2.45) is 0 Å². The number of hydrogen-bond donors (Lipinski definition) is 0. The molecule has 0 unspecified atom stereocenters. The number of amides is 1. The molecule has 0 fully saturated rings. The molecule has 1 heterocycles. The van der Waals surface area contributed by atoms with E-state index < -0.39 is 0 Å². The number of rotatable bonds is 3. The highest BCUT2D eigenvalue weighted by Crippen LogP contribution is 2.01. The average Bonchev–Trinajstić information content (AvgIpc) is 2.40. The predicted octanol–water partition coefficient (Wildman–Crippen LogP) is 0.868. The minimum atomic E-state index is 0.538. The molecule has 0 saturated heterocycles. The molecule has 3 heteroatoms. The smallest absolute Gasteiger partial charge is 0.209 e. The zero-order chi connectivity index (χ0) is 7.40. The first kappa shape index (κ1) is 6.86. The van der Waals surface area contributed by atoms with Crippen molar-refractivity contribution >= 4 is 6.41 Å². The van der Waals surface area contributed by atoms with Crippen LogP contribution in [-0.2, 0) is 11.3 Å². The van der Waals surface area contributed by atoms with E-state index in [1.807, 2.05) is 6.07 Å². The van der Waals surface area contributed by atoms with E-state index in [0.717, 1.165) is 12.2 Å².